The molecule has 0 aliphatic heterocycles. The van der Waals surface area contributed by atoms with Gasteiger partial charge in [0.15, 0.2) is 0 Å². The van der Waals surface area contributed by atoms with Crippen LogP contribution in [-0.4, -0.2) is 9.97 Å². The van der Waals surface area contributed by atoms with Crippen molar-refractivity contribution in [1.29, 1.82) is 0 Å². The van der Waals surface area contributed by atoms with E-state index >= 15 is 0 Å². The van der Waals surface area contributed by atoms with E-state index in [-0.39, 0.29) is 0 Å². The maximum Gasteiger partial charge on any atom is 0.129 e. The fourth-order valence-corrected chi connectivity index (χ4v) is 4.81. The fourth-order valence-electron chi connectivity index (χ4n) is 4.81. The number of rotatable bonds is 24. The molecule has 0 aliphatic rings. The maximum atomic E-state index is 4.60. The number of aromatic nitrogens is 2. The van der Waals surface area contributed by atoms with Crippen LogP contribution in [0.2, 0.25) is 0 Å². The van der Waals surface area contributed by atoms with Crippen molar-refractivity contribution in [1.82, 2.24) is 9.97 Å². The van der Waals surface area contributed by atoms with Crippen molar-refractivity contribution in [3.63, 3.8) is 0 Å². The number of unbranched alkanes of at least 4 members (excludes halogenated alkanes) is 20. The van der Waals surface area contributed by atoms with Gasteiger partial charge < -0.3 is 0 Å². The third-order valence-electron chi connectivity index (χ3n) is 6.95. The minimum absolute atomic E-state index is 0.716. The van der Waals surface area contributed by atoms with Crippen LogP contribution < -0.4 is 0 Å². The second-order valence-electron chi connectivity index (χ2n) is 10.3. The fraction of sp³-hybridized carbons (Fsp3) is 0.839. The van der Waals surface area contributed by atoms with E-state index in [1.807, 2.05) is 0 Å². The first kappa shape index (κ1) is 30.1. The molecule has 1 aromatic rings. The highest BCUT2D eigenvalue weighted by molar-refractivity contribution is 5.13. The lowest BCUT2D eigenvalue weighted by molar-refractivity contribution is 0.547. The minimum Gasteiger partial charge on any atom is -0.238 e. The van der Waals surface area contributed by atoms with E-state index in [4.69, 9.17) is 0 Å². The van der Waals surface area contributed by atoms with Crippen LogP contribution in [0.4, 0.5) is 0 Å². The Hall–Kier alpha value is -0.920. The molecule has 1 radical (unpaired) electrons. The highest BCUT2D eigenvalue weighted by Crippen LogP contribution is 2.15. The van der Waals surface area contributed by atoms with Gasteiger partial charge in [-0.3, -0.25) is 0 Å². The van der Waals surface area contributed by atoms with Gasteiger partial charge in [-0.15, -0.1) is 0 Å². The Kier molecular flexibility index (Phi) is 20.9. The van der Waals surface area contributed by atoms with Crippen molar-refractivity contribution >= 4 is 0 Å². The predicted octanol–water partition coefficient (Wildman–Crippen LogP) is 10.4. The molecule has 1 rings (SSSR count). The second kappa shape index (κ2) is 22.9. The molecular formula is C31H57N2. The molecule has 33 heavy (non-hydrogen) atoms. The summed E-state index contributed by atoms with van der Waals surface area (Å²) in [4.78, 5) is 9.20. The molecule has 2 nitrogen and oxygen atoms in total. The van der Waals surface area contributed by atoms with Crippen molar-refractivity contribution < 1.29 is 0 Å². The number of hydrogen-bond acceptors (Lipinski definition) is 2. The average molecular weight is 458 g/mol. The third-order valence-corrected chi connectivity index (χ3v) is 6.95. The molecule has 1 heterocycles. The Morgan fingerprint density at radius 2 is 0.727 bits per heavy atom. The molecule has 0 saturated carbocycles. The van der Waals surface area contributed by atoms with Crippen LogP contribution in [0, 0.1) is 6.92 Å². The van der Waals surface area contributed by atoms with Crippen LogP contribution in [0.3, 0.4) is 0 Å². The molecule has 1 aromatic heterocycles. The molecule has 0 N–H and O–H groups in total. The zero-order valence-corrected chi connectivity index (χ0v) is 22.6. The van der Waals surface area contributed by atoms with Crippen molar-refractivity contribution in [2.75, 3.05) is 0 Å². The molecule has 0 spiro atoms. The Morgan fingerprint density at radius 1 is 0.455 bits per heavy atom. The van der Waals surface area contributed by atoms with Gasteiger partial charge in [-0.25, -0.2) is 9.97 Å². The van der Waals surface area contributed by atoms with Gasteiger partial charge in [0.1, 0.15) is 5.82 Å². The van der Waals surface area contributed by atoms with Gasteiger partial charge >= 0.3 is 0 Å². The van der Waals surface area contributed by atoms with Crippen LogP contribution in [0.15, 0.2) is 6.07 Å². The molecule has 191 valence electrons. The molecule has 2 heteroatoms. The normalized spacial score (nSPS) is 11.4. The summed E-state index contributed by atoms with van der Waals surface area (Å²) in [6.07, 6.45) is 32.8. The summed E-state index contributed by atoms with van der Waals surface area (Å²) >= 11 is 0. The molecule has 0 saturated heterocycles. The Labute approximate surface area is 208 Å². The van der Waals surface area contributed by atoms with Crippen LogP contribution in [0.5, 0.6) is 0 Å². The van der Waals surface area contributed by atoms with E-state index in [0.29, 0.717) is 5.82 Å². The number of nitrogens with zero attached hydrogens (tertiary/aromatic N) is 2. The van der Waals surface area contributed by atoms with E-state index in [9.17, 15) is 0 Å². The van der Waals surface area contributed by atoms with Gasteiger partial charge in [0.05, 0.1) is 0 Å². The zero-order valence-electron chi connectivity index (χ0n) is 22.6. The van der Waals surface area contributed by atoms with Gasteiger partial charge in [0.2, 0.25) is 0 Å². The van der Waals surface area contributed by atoms with Crippen LogP contribution in [0.25, 0.3) is 0 Å². The molecule has 0 amide bonds. The van der Waals surface area contributed by atoms with E-state index in [1.165, 1.54) is 153 Å². The largest absolute Gasteiger partial charge is 0.238 e. The van der Waals surface area contributed by atoms with E-state index < -0.39 is 0 Å². The second-order valence-corrected chi connectivity index (χ2v) is 10.3. The van der Waals surface area contributed by atoms with Crippen molar-refractivity contribution in [2.24, 2.45) is 0 Å². The molecule has 0 aromatic carbocycles. The molecule has 0 fully saturated rings. The molecular weight excluding hydrogens is 400 g/mol. The molecule has 0 atom stereocenters. The van der Waals surface area contributed by atoms with E-state index in [1.54, 1.807) is 0 Å². The summed E-state index contributed by atoms with van der Waals surface area (Å²) in [6, 6.07) is 2.25. The highest BCUT2D eigenvalue weighted by atomic mass is 14.9. The smallest absolute Gasteiger partial charge is 0.129 e. The Balaban J connectivity index is 2.02. The summed E-state index contributed by atoms with van der Waals surface area (Å²) in [5.74, 6) is 0.716. The highest BCUT2D eigenvalue weighted by Gasteiger charge is 2.03. The standard InChI is InChI=1S/C31H57N2/c1-4-6-8-10-12-14-16-18-20-22-24-26-30-28-31(33-29(3)32-30)27-25-23-21-19-17-15-13-11-9-7-5-2/h28H,3-27H2,1-2H3. The van der Waals surface area contributed by atoms with Gasteiger partial charge in [-0.2, -0.15) is 0 Å². The summed E-state index contributed by atoms with van der Waals surface area (Å²) in [7, 11) is 0. The monoisotopic (exact) mass is 457 g/mol. The average Bonchev–Trinajstić information content (AvgIpc) is 2.80. The lowest BCUT2D eigenvalue weighted by Crippen LogP contribution is -2.01. The molecule has 0 bridgehead atoms. The first-order valence-corrected chi connectivity index (χ1v) is 14.9. The summed E-state index contributed by atoms with van der Waals surface area (Å²) < 4.78 is 0. The van der Waals surface area contributed by atoms with Crippen LogP contribution >= 0.6 is 0 Å². The van der Waals surface area contributed by atoms with Gasteiger partial charge in [-0.1, -0.05) is 142 Å². The first-order chi connectivity index (χ1) is 16.3. The maximum absolute atomic E-state index is 4.60. The Bertz CT molecular complexity index is 495. The van der Waals surface area contributed by atoms with Crippen molar-refractivity contribution in [3.05, 3.63) is 30.2 Å². The SMILES string of the molecule is [CH2]c1nc(CCCCCCCCCCCCC)cc(CCCCCCCCCCCCC)n1. The van der Waals surface area contributed by atoms with Crippen molar-refractivity contribution in [3.8, 4) is 0 Å². The van der Waals surface area contributed by atoms with Gasteiger partial charge in [-0.05, 0) is 31.7 Å². The van der Waals surface area contributed by atoms with Gasteiger partial charge in [0.25, 0.3) is 0 Å². The molecule has 0 unspecified atom stereocenters. The topological polar surface area (TPSA) is 25.8 Å². The lowest BCUT2D eigenvalue weighted by atomic mass is 10.0. The Morgan fingerprint density at radius 3 is 1.03 bits per heavy atom. The quantitative estimate of drug-likeness (QED) is 0.144. The van der Waals surface area contributed by atoms with E-state index in [2.05, 4.69) is 36.8 Å². The molecule has 0 aliphatic carbocycles. The van der Waals surface area contributed by atoms with E-state index in [0.717, 1.165) is 12.8 Å². The predicted molar refractivity (Wildman–Crippen MR) is 147 cm³/mol. The summed E-state index contributed by atoms with van der Waals surface area (Å²) in [5.41, 5.74) is 2.42. The zero-order chi connectivity index (χ0) is 23.8. The first-order valence-electron chi connectivity index (χ1n) is 14.9. The van der Waals surface area contributed by atoms with Crippen LogP contribution in [0.1, 0.15) is 172 Å². The third kappa shape index (κ3) is 19.1. The van der Waals surface area contributed by atoms with Crippen LogP contribution in [-0.2, 0) is 12.8 Å². The minimum atomic E-state index is 0.716. The number of aryl methyl sites for hydroxylation is 2. The van der Waals surface area contributed by atoms with Gasteiger partial charge in [0, 0.05) is 18.3 Å². The van der Waals surface area contributed by atoms with Crippen molar-refractivity contribution in [2.45, 2.75) is 168 Å². The summed E-state index contributed by atoms with van der Waals surface area (Å²) in [5, 5.41) is 0. The lowest BCUT2D eigenvalue weighted by Gasteiger charge is -2.07. The number of hydrogen-bond donors (Lipinski definition) is 0. The summed E-state index contributed by atoms with van der Waals surface area (Å²) in [6.45, 7) is 8.61.